The van der Waals surface area contributed by atoms with E-state index in [1.165, 1.54) is 34.3 Å². The molecule has 0 atom stereocenters. The number of unbranched alkanes of at least 4 members (excludes halogenated alkanes) is 1. The predicted molar refractivity (Wildman–Crippen MR) is 89.6 cm³/mol. The van der Waals surface area contributed by atoms with Gasteiger partial charge in [-0.2, -0.15) is 0 Å². The van der Waals surface area contributed by atoms with Gasteiger partial charge >= 0.3 is 0 Å². The molecule has 0 amide bonds. The van der Waals surface area contributed by atoms with E-state index in [2.05, 4.69) is 56.3 Å². The highest BCUT2D eigenvalue weighted by atomic mass is 32.2. The predicted octanol–water partition coefficient (Wildman–Crippen LogP) is 4.23. The summed E-state index contributed by atoms with van der Waals surface area (Å²) in [6.45, 7) is 3.31. The number of nitrogens with zero attached hydrogens (tertiary/aromatic N) is 2. The van der Waals surface area contributed by atoms with Crippen LogP contribution in [0, 0.1) is 0 Å². The SMILES string of the molecule is CCCCc1cc2ccccc2c(SCCN(C)C)n1. The summed E-state index contributed by atoms with van der Waals surface area (Å²) in [5.74, 6) is 1.08. The molecule has 0 aliphatic carbocycles. The van der Waals surface area contributed by atoms with Crippen molar-refractivity contribution in [2.45, 2.75) is 31.2 Å². The van der Waals surface area contributed by atoms with Crippen molar-refractivity contribution >= 4 is 22.5 Å². The molecule has 0 N–H and O–H groups in total. The summed E-state index contributed by atoms with van der Waals surface area (Å²) < 4.78 is 0. The first-order chi connectivity index (χ1) is 9.70. The largest absolute Gasteiger partial charge is 0.309 e. The van der Waals surface area contributed by atoms with Crippen molar-refractivity contribution in [3.63, 3.8) is 0 Å². The number of aromatic nitrogens is 1. The van der Waals surface area contributed by atoms with Crippen molar-refractivity contribution in [2.75, 3.05) is 26.4 Å². The number of hydrogen-bond acceptors (Lipinski definition) is 3. The van der Waals surface area contributed by atoms with Crippen LogP contribution in [-0.2, 0) is 6.42 Å². The lowest BCUT2D eigenvalue weighted by Gasteiger charge is -2.11. The highest BCUT2D eigenvalue weighted by Crippen LogP contribution is 2.27. The molecule has 1 aromatic carbocycles. The van der Waals surface area contributed by atoms with Crippen LogP contribution < -0.4 is 0 Å². The van der Waals surface area contributed by atoms with Gasteiger partial charge < -0.3 is 4.90 Å². The molecule has 2 aromatic rings. The van der Waals surface area contributed by atoms with E-state index in [0.29, 0.717) is 0 Å². The third-order valence-electron chi connectivity index (χ3n) is 3.32. The highest BCUT2D eigenvalue weighted by Gasteiger charge is 2.06. The van der Waals surface area contributed by atoms with Crippen molar-refractivity contribution in [1.82, 2.24) is 9.88 Å². The smallest absolute Gasteiger partial charge is 0.104 e. The molecule has 2 rings (SSSR count). The van der Waals surface area contributed by atoms with Gasteiger partial charge in [0.1, 0.15) is 5.03 Å². The second-order valence-corrected chi connectivity index (χ2v) is 6.48. The third-order valence-corrected chi connectivity index (χ3v) is 4.29. The van der Waals surface area contributed by atoms with Crippen LogP contribution in [-0.4, -0.2) is 36.3 Å². The molecule has 0 saturated heterocycles. The Morgan fingerprint density at radius 2 is 2.00 bits per heavy atom. The van der Waals surface area contributed by atoms with Crippen LogP contribution >= 0.6 is 11.8 Å². The first-order valence-electron chi connectivity index (χ1n) is 7.37. The lowest BCUT2D eigenvalue weighted by molar-refractivity contribution is 0.437. The summed E-state index contributed by atoms with van der Waals surface area (Å²) in [6.07, 6.45) is 3.52. The van der Waals surface area contributed by atoms with Gasteiger partial charge in [-0.15, -0.1) is 11.8 Å². The number of fused-ring (bicyclic) bond motifs is 1. The van der Waals surface area contributed by atoms with Gasteiger partial charge in [0.05, 0.1) is 0 Å². The fourth-order valence-electron chi connectivity index (χ4n) is 2.14. The zero-order valence-electron chi connectivity index (χ0n) is 12.7. The van der Waals surface area contributed by atoms with Crippen molar-refractivity contribution in [1.29, 1.82) is 0 Å². The Balaban J connectivity index is 2.24. The Labute approximate surface area is 126 Å². The van der Waals surface area contributed by atoms with Crippen molar-refractivity contribution < 1.29 is 0 Å². The van der Waals surface area contributed by atoms with Gasteiger partial charge in [-0.25, -0.2) is 4.98 Å². The van der Waals surface area contributed by atoms with E-state index >= 15 is 0 Å². The van der Waals surface area contributed by atoms with E-state index in [9.17, 15) is 0 Å². The molecule has 108 valence electrons. The molecule has 0 spiro atoms. The topological polar surface area (TPSA) is 16.1 Å². The first kappa shape index (κ1) is 15.3. The molecule has 20 heavy (non-hydrogen) atoms. The van der Waals surface area contributed by atoms with E-state index in [1.807, 2.05) is 11.8 Å². The van der Waals surface area contributed by atoms with Gasteiger partial charge in [0.2, 0.25) is 0 Å². The summed E-state index contributed by atoms with van der Waals surface area (Å²) in [4.78, 5) is 7.10. The maximum absolute atomic E-state index is 4.88. The molecule has 0 bridgehead atoms. The van der Waals surface area contributed by atoms with Crippen molar-refractivity contribution in [3.05, 3.63) is 36.0 Å². The second-order valence-electron chi connectivity index (χ2n) is 5.40. The van der Waals surface area contributed by atoms with Crippen LogP contribution in [0.1, 0.15) is 25.5 Å². The molecular weight excluding hydrogens is 264 g/mol. The van der Waals surface area contributed by atoms with Gasteiger partial charge in [0, 0.05) is 23.4 Å². The Kier molecular flexibility index (Phi) is 5.86. The van der Waals surface area contributed by atoms with E-state index < -0.39 is 0 Å². The van der Waals surface area contributed by atoms with E-state index in [0.717, 1.165) is 18.7 Å². The monoisotopic (exact) mass is 288 g/mol. The van der Waals surface area contributed by atoms with Gasteiger partial charge in [-0.3, -0.25) is 0 Å². The Bertz CT molecular complexity index is 552. The van der Waals surface area contributed by atoms with E-state index in [-0.39, 0.29) is 0 Å². The molecule has 0 unspecified atom stereocenters. The third kappa shape index (κ3) is 4.22. The van der Waals surface area contributed by atoms with Crippen LogP contribution in [0.3, 0.4) is 0 Å². The van der Waals surface area contributed by atoms with Crippen LogP contribution in [0.25, 0.3) is 10.8 Å². The van der Waals surface area contributed by atoms with Gasteiger partial charge in [-0.1, -0.05) is 37.6 Å². The summed E-state index contributed by atoms with van der Waals surface area (Å²) in [5, 5.41) is 3.80. The first-order valence-corrected chi connectivity index (χ1v) is 8.35. The van der Waals surface area contributed by atoms with E-state index in [4.69, 9.17) is 4.98 Å². The molecular formula is C17H24N2S. The average Bonchev–Trinajstić information content (AvgIpc) is 2.44. The molecule has 0 saturated carbocycles. The highest BCUT2D eigenvalue weighted by molar-refractivity contribution is 7.99. The quantitative estimate of drug-likeness (QED) is 0.709. The normalized spacial score (nSPS) is 11.4. The summed E-state index contributed by atoms with van der Waals surface area (Å²) in [7, 11) is 4.23. The molecule has 2 nitrogen and oxygen atoms in total. The minimum absolute atomic E-state index is 1.08. The fraction of sp³-hybridized carbons (Fsp3) is 0.471. The maximum Gasteiger partial charge on any atom is 0.104 e. The minimum atomic E-state index is 1.08. The lowest BCUT2D eigenvalue weighted by Crippen LogP contribution is -2.14. The maximum atomic E-state index is 4.88. The van der Waals surface area contributed by atoms with Gasteiger partial charge in [-0.05, 0) is 38.4 Å². The molecule has 3 heteroatoms. The minimum Gasteiger partial charge on any atom is -0.309 e. The number of thioether (sulfide) groups is 1. The molecule has 1 heterocycles. The summed E-state index contributed by atoms with van der Waals surface area (Å²) in [6, 6.07) is 10.8. The standard InChI is InChI=1S/C17H24N2S/c1-4-5-9-15-13-14-8-6-7-10-16(14)17(18-15)20-12-11-19(2)3/h6-8,10,13H,4-5,9,11-12H2,1-3H3. The molecule has 1 aromatic heterocycles. The lowest BCUT2D eigenvalue weighted by atomic mass is 10.1. The van der Waals surface area contributed by atoms with Crippen molar-refractivity contribution in [2.24, 2.45) is 0 Å². The molecule has 0 fully saturated rings. The van der Waals surface area contributed by atoms with Gasteiger partial charge in [0.15, 0.2) is 0 Å². The second kappa shape index (κ2) is 7.65. The average molecular weight is 288 g/mol. The number of hydrogen-bond donors (Lipinski definition) is 0. The Morgan fingerprint density at radius 3 is 2.75 bits per heavy atom. The Hall–Kier alpha value is -1.06. The number of rotatable bonds is 7. The summed E-state index contributed by atoms with van der Waals surface area (Å²) in [5.41, 5.74) is 1.23. The van der Waals surface area contributed by atoms with Crippen LogP contribution in [0.4, 0.5) is 0 Å². The van der Waals surface area contributed by atoms with Gasteiger partial charge in [0.25, 0.3) is 0 Å². The van der Waals surface area contributed by atoms with Crippen LogP contribution in [0.2, 0.25) is 0 Å². The van der Waals surface area contributed by atoms with Crippen LogP contribution in [0.15, 0.2) is 35.4 Å². The molecule has 0 radical (unpaired) electrons. The zero-order valence-corrected chi connectivity index (χ0v) is 13.5. The zero-order chi connectivity index (χ0) is 14.4. The number of benzene rings is 1. The summed E-state index contributed by atoms with van der Waals surface area (Å²) >= 11 is 1.87. The van der Waals surface area contributed by atoms with E-state index in [1.54, 1.807) is 0 Å². The fourth-order valence-corrected chi connectivity index (χ4v) is 3.31. The molecule has 0 aliphatic rings. The number of pyridine rings is 1. The van der Waals surface area contributed by atoms with Crippen LogP contribution in [0.5, 0.6) is 0 Å². The number of aryl methyl sites for hydroxylation is 1. The van der Waals surface area contributed by atoms with Crippen molar-refractivity contribution in [3.8, 4) is 0 Å². The molecule has 0 aliphatic heterocycles. The Morgan fingerprint density at radius 1 is 1.20 bits per heavy atom.